The minimum Gasteiger partial charge on any atom is -0.507 e. The van der Waals surface area contributed by atoms with Crippen LogP contribution in [0.1, 0.15) is 25.8 Å². The predicted octanol–water partition coefficient (Wildman–Crippen LogP) is 2.50. The van der Waals surface area contributed by atoms with Crippen molar-refractivity contribution in [1.29, 1.82) is 0 Å². The van der Waals surface area contributed by atoms with Gasteiger partial charge in [-0.1, -0.05) is 26.0 Å². The Labute approximate surface area is 128 Å². The number of ether oxygens (including phenoxy) is 2. The molecule has 0 spiro atoms. The Morgan fingerprint density at radius 2 is 2.14 bits per heavy atom. The number of hydrogen-bond donors (Lipinski definition) is 2. The van der Waals surface area contributed by atoms with Gasteiger partial charge in [0.25, 0.3) is 0 Å². The van der Waals surface area contributed by atoms with Gasteiger partial charge in [0.2, 0.25) is 0 Å². The fourth-order valence-corrected chi connectivity index (χ4v) is 2.90. The van der Waals surface area contributed by atoms with Crippen LogP contribution in [0.5, 0.6) is 17.2 Å². The van der Waals surface area contributed by atoms with E-state index in [1.807, 2.05) is 13.8 Å². The minimum absolute atomic E-state index is 0.0771. The third kappa shape index (κ3) is 2.27. The Balaban J connectivity index is 2.28. The van der Waals surface area contributed by atoms with E-state index in [1.54, 1.807) is 24.3 Å². The van der Waals surface area contributed by atoms with Crippen molar-refractivity contribution in [1.82, 2.24) is 0 Å². The molecule has 5 nitrogen and oxygen atoms in total. The lowest BCUT2D eigenvalue weighted by molar-refractivity contribution is -0.136. The van der Waals surface area contributed by atoms with Gasteiger partial charge in [-0.25, -0.2) is 0 Å². The summed E-state index contributed by atoms with van der Waals surface area (Å²) in [5.74, 6) is 0.717. The van der Waals surface area contributed by atoms with Crippen LogP contribution in [0.25, 0.3) is 10.8 Å². The highest BCUT2D eigenvalue weighted by Gasteiger charge is 2.36. The molecule has 1 heterocycles. The number of fused-ring (bicyclic) bond motifs is 3. The third-order valence-electron chi connectivity index (χ3n) is 3.93. The average Bonchev–Trinajstić information content (AvgIpc) is 2.45. The summed E-state index contributed by atoms with van der Waals surface area (Å²) < 4.78 is 10.9. The second-order valence-electron chi connectivity index (χ2n) is 6.06. The summed E-state index contributed by atoms with van der Waals surface area (Å²) in [6, 6.07) is 6.90. The molecule has 22 heavy (non-hydrogen) atoms. The molecule has 0 saturated carbocycles. The van der Waals surface area contributed by atoms with E-state index in [9.17, 15) is 9.90 Å². The van der Waals surface area contributed by atoms with Crippen molar-refractivity contribution in [3.05, 3.63) is 29.8 Å². The fraction of sp³-hybridized carbons (Fsp3) is 0.353. The number of carbonyl (C=O) groups excluding carboxylic acids is 1. The van der Waals surface area contributed by atoms with Crippen molar-refractivity contribution in [3.8, 4) is 17.2 Å². The van der Waals surface area contributed by atoms with E-state index in [4.69, 9.17) is 14.6 Å². The quantitative estimate of drug-likeness (QED) is 0.673. The van der Waals surface area contributed by atoms with Gasteiger partial charge in [0.1, 0.15) is 23.9 Å². The lowest BCUT2D eigenvalue weighted by atomic mass is 9.78. The van der Waals surface area contributed by atoms with E-state index >= 15 is 0 Å². The molecule has 0 fully saturated rings. The number of aliphatic hydroxyl groups is 1. The van der Waals surface area contributed by atoms with Crippen LogP contribution in [-0.4, -0.2) is 29.4 Å². The molecule has 0 amide bonds. The topological polar surface area (TPSA) is 76.0 Å². The van der Waals surface area contributed by atoms with Crippen LogP contribution in [-0.2, 0) is 10.2 Å². The monoisotopic (exact) mass is 302 g/mol. The minimum atomic E-state index is -0.404. The first-order valence-electron chi connectivity index (χ1n) is 7.17. The smallest absolute Gasteiger partial charge is 0.312 e. The second-order valence-corrected chi connectivity index (χ2v) is 6.06. The van der Waals surface area contributed by atoms with Gasteiger partial charge in [-0.2, -0.15) is 0 Å². The van der Waals surface area contributed by atoms with E-state index in [2.05, 4.69) is 0 Å². The summed E-state index contributed by atoms with van der Waals surface area (Å²) in [7, 11) is 0. The molecule has 0 saturated heterocycles. The van der Waals surface area contributed by atoms with E-state index in [0.29, 0.717) is 22.3 Å². The van der Waals surface area contributed by atoms with Gasteiger partial charge in [-0.15, -0.1) is 0 Å². The zero-order valence-corrected chi connectivity index (χ0v) is 12.5. The van der Waals surface area contributed by atoms with Crippen molar-refractivity contribution in [2.75, 3.05) is 13.2 Å². The predicted molar refractivity (Wildman–Crippen MR) is 81.5 cm³/mol. The molecule has 0 bridgehead atoms. The first-order valence-corrected chi connectivity index (χ1v) is 7.17. The first-order chi connectivity index (χ1) is 10.4. The molecule has 1 aliphatic rings. The summed E-state index contributed by atoms with van der Waals surface area (Å²) in [4.78, 5) is 11.9. The Morgan fingerprint density at radius 3 is 2.86 bits per heavy atom. The Kier molecular flexibility index (Phi) is 3.45. The zero-order valence-electron chi connectivity index (χ0n) is 12.5. The van der Waals surface area contributed by atoms with E-state index in [-0.39, 0.29) is 31.4 Å². The maximum Gasteiger partial charge on any atom is 0.312 e. The van der Waals surface area contributed by atoms with Crippen LogP contribution in [0.4, 0.5) is 0 Å². The van der Waals surface area contributed by atoms with Crippen LogP contribution in [0.15, 0.2) is 24.3 Å². The van der Waals surface area contributed by atoms with Crippen molar-refractivity contribution < 1.29 is 24.5 Å². The van der Waals surface area contributed by atoms with Crippen LogP contribution >= 0.6 is 0 Å². The first kappa shape index (κ1) is 14.7. The number of phenols is 1. The number of esters is 1. The van der Waals surface area contributed by atoms with Crippen LogP contribution in [0.2, 0.25) is 0 Å². The Bertz CT molecular complexity index is 748. The van der Waals surface area contributed by atoms with Crippen molar-refractivity contribution in [2.24, 2.45) is 0 Å². The molecular formula is C17H18O5. The van der Waals surface area contributed by atoms with E-state index < -0.39 is 5.41 Å². The third-order valence-corrected chi connectivity index (χ3v) is 3.93. The molecule has 0 radical (unpaired) electrons. The number of carbonyl (C=O) groups is 1. The Morgan fingerprint density at radius 1 is 1.36 bits per heavy atom. The summed E-state index contributed by atoms with van der Waals surface area (Å²) >= 11 is 0. The van der Waals surface area contributed by atoms with Gasteiger partial charge in [0, 0.05) is 16.4 Å². The molecule has 2 N–H and O–H groups in total. The molecule has 0 aliphatic carbocycles. The molecular weight excluding hydrogens is 284 g/mol. The Hall–Kier alpha value is -2.27. The standard InChI is InChI=1S/C17H18O5/c1-17(2)9-14(20)22-16-10-4-3-5-13(21-7-6-18)15(10)12(19)8-11(16)17/h3-5,8,18-19H,6-7,9H2,1-2H3. The zero-order chi connectivity index (χ0) is 15.9. The second kappa shape index (κ2) is 5.18. The molecule has 0 aromatic heterocycles. The van der Waals surface area contributed by atoms with Crippen molar-refractivity contribution in [3.63, 3.8) is 0 Å². The van der Waals surface area contributed by atoms with Gasteiger partial charge in [-0.3, -0.25) is 4.79 Å². The molecule has 0 atom stereocenters. The maximum atomic E-state index is 11.9. The number of hydrogen-bond acceptors (Lipinski definition) is 5. The van der Waals surface area contributed by atoms with E-state index in [0.717, 1.165) is 5.56 Å². The SMILES string of the molecule is CC1(C)CC(=O)Oc2c1cc(O)c1c(OCCO)cccc21. The van der Waals surface area contributed by atoms with E-state index in [1.165, 1.54) is 0 Å². The number of aromatic hydroxyl groups is 1. The lowest BCUT2D eigenvalue weighted by Crippen LogP contribution is -2.30. The largest absolute Gasteiger partial charge is 0.507 e. The molecule has 5 heteroatoms. The summed E-state index contributed by atoms with van der Waals surface area (Å²) in [6.45, 7) is 3.90. The molecule has 116 valence electrons. The molecule has 0 unspecified atom stereocenters. The molecule has 2 aromatic rings. The van der Waals surface area contributed by atoms with Crippen LogP contribution in [0.3, 0.4) is 0 Å². The fourth-order valence-electron chi connectivity index (χ4n) is 2.90. The molecule has 2 aromatic carbocycles. The van der Waals surface area contributed by atoms with Crippen molar-refractivity contribution >= 4 is 16.7 Å². The van der Waals surface area contributed by atoms with Gasteiger partial charge >= 0.3 is 5.97 Å². The number of phenolic OH excluding ortho intramolecular Hbond substituents is 1. The highest BCUT2D eigenvalue weighted by atomic mass is 16.5. The van der Waals surface area contributed by atoms with Crippen molar-refractivity contribution in [2.45, 2.75) is 25.7 Å². The number of rotatable bonds is 3. The summed E-state index contributed by atoms with van der Waals surface area (Å²) in [5.41, 5.74) is 0.398. The average molecular weight is 302 g/mol. The van der Waals surface area contributed by atoms with Crippen LogP contribution in [0, 0.1) is 0 Å². The van der Waals surface area contributed by atoms with Gasteiger partial charge < -0.3 is 19.7 Å². The highest BCUT2D eigenvalue weighted by Crippen LogP contribution is 2.48. The normalized spacial score (nSPS) is 16.2. The highest BCUT2D eigenvalue weighted by molar-refractivity contribution is 6.01. The van der Waals surface area contributed by atoms with Crippen LogP contribution < -0.4 is 9.47 Å². The molecule has 3 rings (SSSR count). The number of aliphatic hydroxyl groups excluding tert-OH is 1. The molecule has 1 aliphatic heterocycles. The lowest BCUT2D eigenvalue weighted by Gasteiger charge is -2.32. The van der Waals surface area contributed by atoms with Gasteiger partial charge in [0.15, 0.2) is 0 Å². The van der Waals surface area contributed by atoms with Gasteiger partial charge in [-0.05, 0) is 12.1 Å². The van der Waals surface area contributed by atoms with Gasteiger partial charge in [0.05, 0.1) is 18.4 Å². The summed E-state index contributed by atoms with van der Waals surface area (Å²) in [6.07, 6.45) is 0.269. The number of benzene rings is 2. The maximum absolute atomic E-state index is 11.9. The summed E-state index contributed by atoms with van der Waals surface area (Å²) in [5, 5.41) is 20.4.